The van der Waals surface area contributed by atoms with Crippen LogP contribution in [0.2, 0.25) is 0 Å². The molecule has 2 atom stereocenters. The second-order valence-corrected chi connectivity index (χ2v) is 7.09. The van der Waals surface area contributed by atoms with Crippen LogP contribution in [0.25, 0.3) is 0 Å². The van der Waals surface area contributed by atoms with E-state index in [0.29, 0.717) is 13.1 Å². The second-order valence-electron chi connectivity index (χ2n) is 7.09. The maximum Gasteiger partial charge on any atom is 0.225 e. The van der Waals surface area contributed by atoms with Crippen LogP contribution in [0.15, 0.2) is 18.6 Å². The van der Waals surface area contributed by atoms with Gasteiger partial charge in [-0.25, -0.2) is 4.98 Å². The van der Waals surface area contributed by atoms with Gasteiger partial charge in [0, 0.05) is 57.6 Å². The average Bonchev–Trinajstić information content (AvgIpc) is 2.96. The highest BCUT2D eigenvalue weighted by Gasteiger charge is 2.41. The molecule has 0 radical (unpaired) electrons. The van der Waals surface area contributed by atoms with E-state index in [9.17, 15) is 9.90 Å². The van der Waals surface area contributed by atoms with Crippen molar-refractivity contribution in [3.05, 3.63) is 18.6 Å². The van der Waals surface area contributed by atoms with Gasteiger partial charge in [0.2, 0.25) is 5.91 Å². The number of likely N-dealkylation sites (tertiary alicyclic amines) is 1. The Morgan fingerprint density at radius 1 is 1.12 bits per heavy atom. The predicted molar refractivity (Wildman–Crippen MR) is 89.5 cm³/mol. The monoisotopic (exact) mass is 331 g/mol. The van der Waals surface area contributed by atoms with Gasteiger partial charge in [0.05, 0.1) is 18.3 Å². The Labute approximate surface area is 142 Å². The highest BCUT2D eigenvalue weighted by atomic mass is 16.3. The van der Waals surface area contributed by atoms with Crippen molar-refractivity contribution >= 4 is 11.7 Å². The third-order valence-corrected chi connectivity index (χ3v) is 5.68. The molecule has 1 saturated carbocycles. The molecule has 1 aromatic heterocycles. The molecule has 2 aliphatic heterocycles. The molecule has 0 bridgehead atoms. The Balaban J connectivity index is 1.33. The topological polar surface area (TPSA) is 72.8 Å². The first-order valence-electron chi connectivity index (χ1n) is 8.94. The molecule has 1 aliphatic carbocycles. The van der Waals surface area contributed by atoms with Crippen molar-refractivity contribution in [2.45, 2.75) is 31.4 Å². The molecule has 2 saturated heterocycles. The Morgan fingerprint density at radius 3 is 2.54 bits per heavy atom. The molecule has 3 fully saturated rings. The van der Waals surface area contributed by atoms with Gasteiger partial charge in [-0.05, 0) is 12.8 Å². The summed E-state index contributed by atoms with van der Waals surface area (Å²) in [5.41, 5.74) is 0. The lowest BCUT2D eigenvalue weighted by Crippen LogP contribution is -2.54. The number of carbonyl (C=O) groups excluding carboxylic acids is 1. The van der Waals surface area contributed by atoms with E-state index in [1.807, 2.05) is 4.90 Å². The number of amides is 1. The highest BCUT2D eigenvalue weighted by Crippen LogP contribution is 2.30. The molecule has 7 heteroatoms. The zero-order valence-corrected chi connectivity index (χ0v) is 13.9. The molecule has 24 heavy (non-hydrogen) atoms. The van der Waals surface area contributed by atoms with E-state index < -0.39 is 6.10 Å². The Morgan fingerprint density at radius 2 is 1.92 bits per heavy atom. The summed E-state index contributed by atoms with van der Waals surface area (Å²) >= 11 is 0. The first-order valence-corrected chi connectivity index (χ1v) is 8.94. The summed E-state index contributed by atoms with van der Waals surface area (Å²) in [6.45, 7) is 4.66. The average molecular weight is 331 g/mol. The molecule has 4 rings (SSSR count). The summed E-state index contributed by atoms with van der Waals surface area (Å²) in [6, 6.07) is 0.0676. The number of aliphatic hydroxyl groups is 1. The Kier molecular flexibility index (Phi) is 4.37. The van der Waals surface area contributed by atoms with Gasteiger partial charge < -0.3 is 14.9 Å². The number of piperazine rings is 1. The van der Waals surface area contributed by atoms with E-state index in [-0.39, 0.29) is 17.9 Å². The van der Waals surface area contributed by atoms with Crippen LogP contribution in [-0.2, 0) is 4.79 Å². The quantitative estimate of drug-likeness (QED) is 0.839. The van der Waals surface area contributed by atoms with Gasteiger partial charge >= 0.3 is 0 Å². The van der Waals surface area contributed by atoms with Crippen molar-refractivity contribution in [3.8, 4) is 0 Å². The summed E-state index contributed by atoms with van der Waals surface area (Å²) in [5, 5.41) is 10.4. The van der Waals surface area contributed by atoms with Crippen molar-refractivity contribution in [3.63, 3.8) is 0 Å². The van der Waals surface area contributed by atoms with Gasteiger partial charge in [-0.3, -0.25) is 14.7 Å². The number of hydrogen-bond acceptors (Lipinski definition) is 6. The molecule has 130 valence electrons. The lowest BCUT2D eigenvalue weighted by atomic mass is 9.84. The number of carbonyl (C=O) groups is 1. The number of aromatic nitrogens is 2. The summed E-state index contributed by atoms with van der Waals surface area (Å²) in [6.07, 6.45) is 7.96. The van der Waals surface area contributed by atoms with E-state index >= 15 is 0 Å². The standard InChI is InChI=1S/C17H25N5O2/c23-15-12-22(17(24)13-2-1-3-13)11-14(15)20-6-8-21(9-7-20)16-10-18-4-5-19-16/h4-5,10,13-15,23H,1-3,6-9,11-12H2/t14-,15-/m1/s1. The fourth-order valence-electron chi connectivity index (χ4n) is 3.96. The number of aliphatic hydroxyl groups excluding tert-OH is 1. The predicted octanol–water partition coefficient (Wildman–Crippen LogP) is -0.0296. The maximum absolute atomic E-state index is 12.4. The van der Waals surface area contributed by atoms with Crippen molar-refractivity contribution < 1.29 is 9.90 Å². The van der Waals surface area contributed by atoms with Gasteiger partial charge in [0.1, 0.15) is 5.82 Å². The number of rotatable bonds is 3. The minimum Gasteiger partial charge on any atom is -0.390 e. The zero-order chi connectivity index (χ0) is 16.5. The summed E-state index contributed by atoms with van der Waals surface area (Å²) < 4.78 is 0. The molecule has 1 amide bonds. The normalized spacial score (nSPS) is 28.9. The van der Waals surface area contributed by atoms with Gasteiger partial charge in [-0.15, -0.1) is 0 Å². The van der Waals surface area contributed by atoms with Crippen LogP contribution in [0.4, 0.5) is 5.82 Å². The van der Waals surface area contributed by atoms with Crippen molar-refractivity contribution in [1.82, 2.24) is 19.8 Å². The largest absolute Gasteiger partial charge is 0.390 e. The third kappa shape index (κ3) is 2.98. The molecule has 0 unspecified atom stereocenters. The molecule has 1 aromatic rings. The van der Waals surface area contributed by atoms with E-state index in [4.69, 9.17) is 0 Å². The van der Waals surface area contributed by atoms with Crippen LogP contribution >= 0.6 is 0 Å². The van der Waals surface area contributed by atoms with Gasteiger partial charge in [0.15, 0.2) is 0 Å². The van der Waals surface area contributed by atoms with Crippen LogP contribution in [0.5, 0.6) is 0 Å². The fourth-order valence-corrected chi connectivity index (χ4v) is 3.96. The highest BCUT2D eigenvalue weighted by molar-refractivity contribution is 5.80. The molecule has 1 N–H and O–H groups in total. The molecule has 3 aliphatic rings. The summed E-state index contributed by atoms with van der Waals surface area (Å²) in [5.74, 6) is 1.37. The van der Waals surface area contributed by atoms with Gasteiger partial charge in [0.25, 0.3) is 0 Å². The third-order valence-electron chi connectivity index (χ3n) is 5.68. The lowest BCUT2D eigenvalue weighted by molar-refractivity contribution is -0.137. The van der Waals surface area contributed by atoms with Crippen LogP contribution < -0.4 is 4.90 Å². The van der Waals surface area contributed by atoms with Crippen LogP contribution in [-0.4, -0.2) is 82.2 Å². The number of nitrogens with zero attached hydrogens (tertiary/aromatic N) is 5. The van der Waals surface area contributed by atoms with Gasteiger partial charge in [-0.2, -0.15) is 0 Å². The number of hydrogen-bond donors (Lipinski definition) is 1. The molecular weight excluding hydrogens is 306 g/mol. The first-order chi connectivity index (χ1) is 11.7. The molecule has 3 heterocycles. The van der Waals surface area contributed by atoms with E-state index in [1.54, 1.807) is 18.6 Å². The maximum atomic E-state index is 12.4. The Hall–Kier alpha value is -1.73. The fraction of sp³-hybridized carbons (Fsp3) is 0.706. The summed E-state index contributed by atoms with van der Waals surface area (Å²) in [4.78, 5) is 27.3. The van der Waals surface area contributed by atoms with Crippen LogP contribution in [0, 0.1) is 5.92 Å². The van der Waals surface area contributed by atoms with Crippen LogP contribution in [0.3, 0.4) is 0 Å². The molecular formula is C17H25N5O2. The molecule has 7 nitrogen and oxygen atoms in total. The van der Waals surface area contributed by atoms with Crippen molar-refractivity contribution in [1.29, 1.82) is 0 Å². The van der Waals surface area contributed by atoms with Crippen LogP contribution in [0.1, 0.15) is 19.3 Å². The zero-order valence-electron chi connectivity index (χ0n) is 13.9. The van der Waals surface area contributed by atoms with E-state index in [2.05, 4.69) is 19.8 Å². The van der Waals surface area contributed by atoms with Gasteiger partial charge in [-0.1, -0.05) is 6.42 Å². The minimum absolute atomic E-state index is 0.0676. The molecule has 0 aromatic carbocycles. The lowest BCUT2D eigenvalue weighted by Gasteiger charge is -2.39. The van der Waals surface area contributed by atoms with E-state index in [1.165, 1.54) is 6.42 Å². The Bertz CT molecular complexity index is 572. The molecule has 0 spiro atoms. The first kappa shape index (κ1) is 15.8. The minimum atomic E-state index is -0.433. The van der Waals surface area contributed by atoms with E-state index in [0.717, 1.165) is 44.8 Å². The summed E-state index contributed by atoms with van der Waals surface area (Å²) in [7, 11) is 0. The number of β-amino-alcohol motifs (C(OH)–C–C–N with tert-alkyl or cyclic N) is 1. The SMILES string of the molecule is O=C(C1CCC1)N1C[C@@H](O)[C@H](N2CCN(c3cnccn3)CC2)C1. The number of anilines is 1. The van der Waals surface area contributed by atoms with Crippen molar-refractivity contribution in [2.75, 3.05) is 44.2 Å². The van der Waals surface area contributed by atoms with Crippen molar-refractivity contribution in [2.24, 2.45) is 5.92 Å². The second kappa shape index (κ2) is 6.64. The smallest absolute Gasteiger partial charge is 0.225 e.